The number of likely N-dealkylation sites (N-methyl/N-ethyl adjacent to an activating group) is 1. The quantitative estimate of drug-likeness (QED) is 0.347. The van der Waals surface area contributed by atoms with Gasteiger partial charge >= 0.3 is 11.9 Å². The molecular weight excluding hydrogens is 489 g/mol. The summed E-state index contributed by atoms with van der Waals surface area (Å²) >= 11 is 0. The van der Waals surface area contributed by atoms with Crippen LogP contribution in [0.4, 0.5) is 42.1 Å². The van der Waals surface area contributed by atoms with Crippen LogP contribution in [0.25, 0.3) is 11.1 Å². The molecule has 0 unspecified atom stereocenters. The number of rotatable bonds is 6. The van der Waals surface area contributed by atoms with Crippen LogP contribution in [0.15, 0.2) is 45.9 Å². The summed E-state index contributed by atoms with van der Waals surface area (Å²) in [5.41, 5.74) is 1.58. The maximum atomic E-state index is 14.0. The van der Waals surface area contributed by atoms with Gasteiger partial charge in [-0.25, -0.2) is 14.8 Å². The minimum atomic E-state index is -4.57. The smallest absolute Gasteiger partial charge is 0.408 e. The van der Waals surface area contributed by atoms with E-state index in [1.165, 1.54) is 6.20 Å². The minimum Gasteiger partial charge on any atom is -0.408 e. The van der Waals surface area contributed by atoms with Gasteiger partial charge in [0.05, 0.1) is 17.4 Å². The number of aromatic amines is 1. The van der Waals surface area contributed by atoms with E-state index in [0.717, 1.165) is 12.6 Å². The average Bonchev–Trinajstić information content (AvgIpc) is 3.25. The number of alkyl halides is 3. The fourth-order valence-corrected chi connectivity index (χ4v) is 4.19. The number of nitrogens with zero attached hydrogens (tertiary/aromatic N) is 5. The largest absolute Gasteiger partial charge is 0.420 e. The van der Waals surface area contributed by atoms with Crippen molar-refractivity contribution in [1.29, 1.82) is 0 Å². The van der Waals surface area contributed by atoms with Crippen molar-refractivity contribution in [3.63, 3.8) is 0 Å². The third kappa shape index (κ3) is 5.35. The predicted molar refractivity (Wildman–Crippen MR) is 134 cm³/mol. The lowest BCUT2D eigenvalue weighted by atomic mass is 10.2. The highest BCUT2D eigenvalue weighted by Gasteiger charge is 2.37. The topological polar surface area (TPSA) is 115 Å². The first kappa shape index (κ1) is 24.6. The SMILES string of the molecule is CCN1CCN(c2ncc(Nc3ncc(C)c(Nc4ccc5oc(=O)[nH]c5c4)n3)cc2C(F)(F)F)CC1. The normalized spacial score (nSPS) is 14.8. The van der Waals surface area contributed by atoms with E-state index in [1.807, 2.05) is 6.92 Å². The number of aryl methyl sites for hydroxylation is 1. The van der Waals surface area contributed by atoms with E-state index in [9.17, 15) is 18.0 Å². The zero-order valence-electron chi connectivity index (χ0n) is 20.2. The third-order valence-corrected chi connectivity index (χ3v) is 6.20. The predicted octanol–water partition coefficient (Wildman–Crippen LogP) is 4.26. The van der Waals surface area contributed by atoms with E-state index in [-0.39, 0.29) is 17.5 Å². The second-order valence-electron chi connectivity index (χ2n) is 8.71. The lowest BCUT2D eigenvalue weighted by molar-refractivity contribution is -0.137. The molecule has 1 aromatic carbocycles. The summed E-state index contributed by atoms with van der Waals surface area (Å²) in [4.78, 5) is 30.6. The van der Waals surface area contributed by atoms with Gasteiger partial charge in [-0.3, -0.25) is 4.98 Å². The second-order valence-corrected chi connectivity index (χ2v) is 8.71. The average molecular weight is 515 g/mol. The first-order valence-electron chi connectivity index (χ1n) is 11.7. The second kappa shape index (κ2) is 9.73. The number of hydrogen-bond acceptors (Lipinski definition) is 9. The number of H-pyrrole nitrogens is 1. The van der Waals surface area contributed by atoms with Crippen molar-refractivity contribution in [2.24, 2.45) is 0 Å². The summed E-state index contributed by atoms with van der Waals surface area (Å²) in [5.74, 6) is -0.0890. The zero-order valence-corrected chi connectivity index (χ0v) is 20.2. The molecule has 4 heterocycles. The van der Waals surface area contributed by atoms with Crippen molar-refractivity contribution >= 4 is 40.1 Å². The van der Waals surface area contributed by atoms with Crippen LogP contribution >= 0.6 is 0 Å². The lowest BCUT2D eigenvalue weighted by Crippen LogP contribution is -2.47. The van der Waals surface area contributed by atoms with Gasteiger partial charge < -0.3 is 24.9 Å². The molecule has 3 aromatic heterocycles. The van der Waals surface area contributed by atoms with Crippen LogP contribution in [0.3, 0.4) is 0 Å². The van der Waals surface area contributed by atoms with Gasteiger partial charge in [-0.15, -0.1) is 0 Å². The number of benzene rings is 1. The standard InChI is InChI=1S/C24H25F3N8O2/c1-3-34-6-8-35(9-7-34)21-17(24(25,26)27)10-16(13-28-21)31-22-29-12-14(2)20(33-22)30-15-4-5-19-18(11-15)32-23(36)37-19/h4-5,10-13H,3,6-9H2,1-2H3,(H,32,36)(H2,29,30,31,33). The number of oxazole rings is 1. The Hall–Kier alpha value is -4.13. The Morgan fingerprint density at radius 1 is 1.05 bits per heavy atom. The number of halogens is 3. The first-order chi connectivity index (χ1) is 17.7. The van der Waals surface area contributed by atoms with E-state index in [4.69, 9.17) is 4.42 Å². The van der Waals surface area contributed by atoms with E-state index in [0.29, 0.717) is 54.3 Å². The van der Waals surface area contributed by atoms with Gasteiger partial charge in [0.2, 0.25) is 5.95 Å². The molecule has 4 aromatic rings. The van der Waals surface area contributed by atoms with Gasteiger partial charge in [-0.05, 0) is 37.7 Å². The van der Waals surface area contributed by atoms with Crippen LogP contribution in [0.2, 0.25) is 0 Å². The van der Waals surface area contributed by atoms with E-state index >= 15 is 0 Å². The van der Waals surface area contributed by atoms with Crippen molar-refractivity contribution in [3.8, 4) is 0 Å². The number of hydrogen-bond donors (Lipinski definition) is 3. The maximum Gasteiger partial charge on any atom is 0.420 e. The highest BCUT2D eigenvalue weighted by molar-refractivity contribution is 5.78. The van der Waals surface area contributed by atoms with Crippen LogP contribution in [0.1, 0.15) is 18.1 Å². The van der Waals surface area contributed by atoms with Crippen LogP contribution in [-0.4, -0.2) is 57.6 Å². The van der Waals surface area contributed by atoms with E-state index < -0.39 is 17.5 Å². The molecule has 3 N–H and O–H groups in total. The molecule has 0 spiro atoms. The summed E-state index contributed by atoms with van der Waals surface area (Å²) in [6.07, 6.45) is -1.67. The molecule has 1 aliphatic rings. The Bertz CT molecular complexity index is 1480. The van der Waals surface area contributed by atoms with Gasteiger partial charge in [0.1, 0.15) is 17.2 Å². The summed E-state index contributed by atoms with van der Waals surface area (Å²) in [7, 11) is 0. The molecule has 1 saturated heterocycles. The zero-order chi connectivity index (χ0) is 26.2. The maximum absolute atomic E-state index is 14.0. The van der Waals surface area contributed by atoms with E-state index in [2.05, 4.69) is 35.5 Å². The fourth-order valence-electron chi connectivity index (χ4n) is 4.19. The molecule has 0 radical (unpaired) electrons. The first-order valence-corrected chi connectivity index (χ1v) is 11.7. The number of piperazine rings is 1. The molecule has 0 aliphatic carbocycles. The van der Waals surface area contributed by atoms with Crippen LogP contribution < -0.4 is 21.3 Å². The Labute approximate surface area is 209 Å². The molecule has 0 atom stereocenters. The van der Waals surface area contributed by atoms with Gasteiger partial charge in [0.25, 0.3) is 0 Å². The molecule has 0 amide bonds. The van der Waals surface area contributed by atoms with Gasteiger partial charge in [0, 0.05) is 43.6 Å². The summed E-state index contributed by atoms with van der Waals surface area (Å²) in [5, 5.41) is 5.97. The number of pyridine rings is 1. The van der Waals surface area contributed by atoms with Crippen LogP contribution in [0, 0.1) is 6.92 Å². The molecule has 0 bridgehead atoms. The van der Waals surface area contributed by atoms with Crippen LogP contribution in [0.5, 0.6) is 0 Å². The highest BCUT2D eigenvalue weighted by Crippen LogP contribution is 2.37. The van der Waals surface area contributed by atoms with Crippen molar-refractivity contribution in [2.45, 2.75) is 20.0 Å². The Kier molecular flexibility index (Phi) is 6.46. The van der Waals surface area contributed by atoms with Crippen LogP contribution in [-0.2, 0) is 6.18 Å². The molecule has 37 heavy (non-hydrogen) atoms. The molecule has 194 valence electrons. The van der Waals surface area contributed by atoms with Gasteiger partial charge in [0.15, 0.2) is 5.58 Å². The van der Waals surface area contributed by atoms with E-state index in [1.54, 1.807) is 36.2 Å². The van der Waals surface area contributed by atoms with Gasteiger partial charge in [-0.2, -0.15) is 18.2 Å². The number of nitrogens with one attached hydrogen (secondary N) is 3. The monoisotopic (exact) mass is 514 g/mol. The molecule has 13 heteroatoms. The molecule has 10 nitrogen and oxygen atoms in total. The minimum absolute atomic E-state index is 0.0753. The number of aromatic nitrogens is 4. The molecular formula is C24H25F3N8O2. The summed E-state index contributed by atoms with van der Waals surface area (Å²) in [6.45, 7) is 7.01. The highest BCUT2D eigenvalue weighted by atomic mass is 19.4. The lowest BCUT2D eigenvalue weighted by Gasteiger charge is -2.35. The van der Waals surface area contributed by atoms with Crippen molar-refractivity contribution < 1.29 is 17.6 Å². The Morgan fingerprint density at radius 2 is 1.84 bits per heavy atom. The third-order valence-electron chi connectivity index (χ3n) is 6.20. The van der Waals surface area contributed by atoms with Crippen molar-refractivity contribution in [2.75, 3.05) is 48.3 Å². The Balaban J connectivity index is 1.38. The fraction of sp³-hybridized carbons (Fsp3) is 0.333. The number of anilines is 5. The summed E-state index contributed by atoms with van der Waals surface area (Å²) < 4.78 is 46.9. The Morgan fingerprint density at radius 3 is 2.57 bits per heavy atom. The molecule has 1 aliphatic heterocycles. The van der Waals surface area contributed by atoms with Crippen molar-refractivity contribution in [3.05, 3.63) is 58.3 Å². The molecule has 5 rings (SSSR count). The molecule has 1 fully saturated rings. The molecule has 0 saturated carbocycles. The number of fused-ring (bicyclic) bond motifs is 1. The summed E-state index contributed by atoms with van der Waals surface area (Å²) in [6, 6.07) is 6.08. The van der Waals surface area contributed by atoms with Crippen molar-refractivity contribution in [1.82, 2.24) is 24.8 Å². The van der Waals surface area contributed by atoms with Gasteiger partial charge in [-0.1, -0.05) is 6.92 Å².